The Morgan fingerprint density at radius 2 is 1.68 bits per heavy atom. The first-order valence-electron chi connectivity index (χ1n) is 19.1. The monoisotopic (exact) mass is 801 g/mol. The number of anilines is 1. The van der Waals surface area contributed by atoms with Gasteiger partial charge in [0.2, 0.25) is 11.8 Å². The lowest BCUT2D eigenvalue weighted by Gasteiger charge is -2.37. The van der Waals surface area contributed by atoms with Gasteiger partial charge in [-0.25, -0.2) is 9.37 Å². The van der Waals surface area contributed by atoms with Crippen LogP contribution in [0.2, 0.25) is 10.0 Å². The molecule has 1 unspecified atom stereocenters. The lowest BCUT2D eigenvalue weighted by atomic mass is 9.84. The Kier molecular flexibility index (Phi) is 10.6. The maximum atomic E-state index is 14.2. The molecule has 1 aliphatic carbocycles. The number of nitrogen functional groups attached to an aromatic ring is 1. The lowest BCUT2D eigenvalue weighted by molar-refractivity contribution is -0.136. The van der Waals surface area contributed by atoms with Crippen LogP contribution in [0, 0.1) is 11.7 Å². The summed E-state index contributed by atoms with van der Waals surface area (Å²) in [5, 5.41) is 7.16. The standard InChI is InChI=1S/C41H42Cl2FN7O5/c1-22(36-31(42)8-9-32(44)37(36)43)56-34-17-26(18-46-38(34)45)27-19-47-50(21-27)28-5-2-23(3-6-28)20-49-14-12-24(13-15-49)25-4-7-29-30(16-25)41(55)51(40(29)54)33-10-11-35(52)48-39(33)53/h4,7-9,16-19,21-24,28,33H,2-3,5-6,10-15,20H2,1H3,(H2,45,46)(H,48,52,53)/t22-,23?,28?,33?/m1/s1. The van der Waals surface area contributed by atoms with Gasteiger partial charge >= 0.3 is 0 Å². The van der Waals surface area contributed by atoms with Gasteiger partial charge in [-0.1, -0.05) is 29.3 Å². The third-order valence-corrected chi connectivity index (χ3v) is 12.5. The fraction of sp³-hybridized carbons (Fsp3) is 0.415. The fourth-order valence-electron chi connectivity index (χ4n) is 8.71. The molecule has 3 aliphatic heterocycles. The fourth-order valence-corrected chi connectivity index (χ4v) is 9.39. The van der Waals surface area contributed by atoms with Crippen LogP contribution in [0.15, 0.2) is 55.0 Å². The van der Waals surface area contributed by atoms with Gasteiger partial charge < -0.3 is 15.4 Å². The van der Waals surface area contributed by atoms with Crippen LogP contribution in [-0.2, 0) is 9.59 Å². The molecule has 56 heavy (non-hydrogen) atoms. The average Bonchev–Trinajstić information content (AvgIpc) is 3.77. The van der Waals surface area contributed by atoms with Crippen molar-refractivity contribution in [3.05, 3.63) is 93.1 Å². The van der Waals surface area contributed by atoms with Crippen LogP contribution in [0.5, 0.6) is 5.75 Å². The number of carbonyl (C=O) groups excluding carboxylic acids is 4. The molecule has 3 fully saturated rings. The second-order valence-corrected chi connectivity index (χ2v) is 16.1. The summed E-state index contributed by atoms with van der Waals surface area (Å²) in [5.74, 6) is -1.11. The Bertz CT molecular complexity index is 2220. The summed E-state index contributed by atoms with van der Waals surface area (Å²) in [7, 11) is 0. The van der Waals surface area contributed by atoms with Gasteiger partial charge in [0.05, 0.1) is 28.4 Å². The van der Waals surface area contributed by atoms with Gasteiger partial charge in [-0.2, -0.15) is 5.10 Å². The largest absolute Gasteiger partial charge is 0.482 e. The van der Waals surface area contributed by atoms with Crippen molar-refractivity contribution in [2.45, 2.75) is 82.4 Å². The zero-order valence-electron chi connectivity index (χ0n) is 30.8. The van der Waals surface area contributed by atoms with E-state index < -0.39 is 41.6 Å². The first-order valence-corrected chi connectivity index (χ1v) is 19.9. The van der Waals surface area contributed by atoms with Crippen molar-refractivity contribution in [2.75, 3.05) is 25.4 Å². The summed E-state index contributed by atoms with van der Waals surface area (Å²) < 4.78 is 22.3. The van der Waals surface area contributed by atoms with Crippen molar-refractivity contribution in [2.24, 2.45) is 5.92 Å². The molecule has 2 saturated heterocycles. The predicted molar refractivity (Wildman–Crippen MR) is 208 cm³/mol. The van der Waals surface area contributed by atoms with E-state index in [0.717, 1.165) is 79.7 Å². The predicted octanol–water partition coefficient (Wildman–Crippen LogP) is 7.13. The van der Waals surface area contributed by atoms with E-state index in [1.54, 1.807) is 25.3 Å². The summed E-state index contributed by atoms with van der Waals surface area (Å²) in [6.45, 7) is 4.69. The number of piperidine rings is 2. The van der Waals surface area contributed by atoms with Crippen molar-refractivity contribution >= 4 is 52.6 Å². The zero-order chi connectivity index (χ0) is 39.2. The number of nitrogens with two attached hydrogens (primary N) is 1. The van der Waals surface area contributed by atoms with Crippen LogP contribution in [0.3, 0.4) is 0 Å². The Morgan fingerprint density at radius 3 is 2.43 bits per heavy atom. The van der Waals surface area contributed by atoms with Gasteiger partial charge in [-0.15, -0.1) is 0 Å². The van der Waals surface area contributed by atoms with Crippen LogP contribution < -0.4 is 15.8 Å². The second kappa shape index (κ2) is 15.6. The lowest BCUT2D eigenvalue weighted by Crippen LogP contribution is -2.54. The van der Waals surface area contributed by atoms with Gasteiger partial charge in [-0.05, 0) is 113 Å². The number of benzene rings is 2. The molecule has 2 atom stereocenters. The molecule has 15 heteroatoms. The number of nitrogens with one attached hydrogen (secondary N) is 1. The number of aromatic nitrogens is 3. The molecule has 0 spiro atoms. The Hall–Kier alpha value is -4.85. The molecule has 4 aliphatic rings. The van der Waals surface area contributed by atoms with E-state index in [0.29, 0.717) is 39.4 Å². The molecule has 4 aromatic rings. The summed E-state index contributed by atoms with van der Waals surface area (Å²) in [6, 6.07) is 9.27. The van der Waals surface area contributed by atoms with Gasteiger partial charge in [0, 0.05) is 47.1 Å². The average molecular weight is 803 g/mol. The molecular formula is C41H42Cl2FN7O5. The van der Waals surface area contributed by atoms with E-state index in [9.17, 15) is 23.6 Å². The molecule has 3 N–H and O–H groups in total. The highest BCUT2D eigenvalue weighted by Gasteiger charge is 2.45. The highest BCUT2D eigenvalue weighted by atomic mass is 35.5. The number of hydrogen-bond acceptors (Lipinski definition) is 9. The Morgan fingerprint density at radius 1 is 0.929 bits per heavy atom. The van der Waals surface area contributed by atoms with Crippen LogP contribution in [0.1, 0.15) is 108 Å². The topological polar surface area (TPSA) is 153 Å². The molecule has 8 rings (SSSR count). The van der Waals surface area contributed by atoms with E-state index in [1.165, 1.54) is 12.1 Å². The highest BCUT2D eigenvalue weighted by molar-refractivity contribution is 6.36. The third kappa shape index (κ3) is 7.39. The SMILES string of the molecule is C[C@@H](Oc1cc(-c2cnn(C3CCC(CN4CCC(c5ccc6c(c5)C(=O)N(C5CCC(=O)NC5=O)C6=O)CC4)CC3)c2)cnc1N)c1c(Cl)ccc(F)c1Cl. The van der Waals surface area contributed by atoms with Gasteiger partial charge in [0.15, 0.2) is 11.6 Å². The number of amides is 4. The van der Waals surface area contributed by atoms with Crippen molar-refractivity contribution in [1.82, 2.24) is 29.9 Å². The van der Waals surface area contributed by atoms with E-state index in [4.69, 9.17) is 38.8 Å². The Labute approximate surface area is 333 Å². The number of hydrogen-bond donors (Lipinski definition) is 2. The number of rotatable bonds is 9. The maximum Gasteiger partial charge on any atom is 0.262 e. The smallest absolute Gasteiger partial charge is 0.262 e. The first kappa shape index (κ1) is 38.0. The maximum absolute atomic E-state index is 14.2. The van der Waals surface area contributed by atoms with Gasteiger partial charge in [0.25, 0.3) is 11.8 Å². The van der Waals surface area contributed by atoms with E-state index in [-0.39, 0.29) is 29.6 Å². The van der Waals surface area contributed by atoms with Crippen molar-refractivity contribution in [1.29, 1.82) is 0 Å². The molecule has 12 nitrogen and oxygen atoms in total. The van der Waals surface area contributed by atoms with Gasteiger partial charge in [0.1, 0.15) is 18.0 Å². The minimum atomic E-state index is -0.965. The van der Waals surface area contributed by atoms with Crippen molar-refractivity contribution < 1.29 is 28.3 Å². The molecule has 2 aromatic heterocycles. The van der Waals surface area contributed by atoms with Crippen LogP contribution in [0.4, 0.5) is 10.2 Å². The minimum Gasteiger partial charge on any atom is -0.482 e. The quantitative estimate of drug-likeness (QED) is 0.133. The number of carbonyl (C=O) groups is 4. The third-order valence-electron chi connectivity index (χ3n) is 11.8. The molecule has 292 valence electrons. The number of pyridine rings is 1. The molecule has 0 bridgehead atoms. The molecule has 4 amide bonds. The van der Waals surface area contributed by atoms with E-state index in [2.05, 4.69) is 15.2 Å². The number of ether oxygens (including phenoxy) is 1. The number of likely N-dealkylation sites (tertiary alicyclic amines) is 1. The molecule has 1 saturated carbocycles. The summed E-state index contributed by atoms with van der Waals surface area (Å²) in [4.78, 5) is 58.4. The number of fused-ring (bicyclic) bond motifs is 1. The van der Waals surface area contributed by atoms with Gasteiger partial charge in [-0.3, -0.25) is 34.1 Å². The number of nitrogens with zero attached hydrogens (tertiary/aromatic N) is 5. The molecule has 2 aromatic carbocycles. The first-order chi connectivity index (χ1) is 26.9. The zero-order valence-corrected chi connectivity index (χ0v) is 32.4. The van der Waals surface area contributed by atoms with Crippen LogP contribution in [0.25, 0.3) is 11.1 Å². The number of imide groups is 2. The van der Waals surface area contributed by atoms with E-state index >= 15 is 0 Å². The Balaban J connectivity index is 0.827. The summed E-state index contributed by atoms with van der Waals surface area (Å²) >= 11 is 12.5. The molecular weight excluding hydrogens is 760 g/mol. The van der Waals surface area contributed by atoms with Crippen molar-refractivity contribution in [3.63, 3.8) is 0 Å². The molecule has 5 heterocycles. The van der Waals surface area contributed by atoms with E-state index in [1.807, 2.05) is 29.2 Å². The summed E-state index contributed by atoms with van der Waals surface area (Å²) in [6.07, 6.45) is 11.3. The normalized spacial score (nSPS) is 22.6. The van der Waals surface area contributed by atoms with Crippen LogP contribution in [-0.4, -0.2) is 73.9 Å². The van der Waals surface area contributed by atoms with Crippen molar-refractivity contribution in [3.8, 4) is 16.9 Å². The molecule has 0 radical (unpaired) electrons. The summed E-state index contributed by atoms with van der Waals surface area (Å²) in [5.41, 5.74) is 9.86. The minimum absolute atomic E-state index is 0.0944. The van der Waals surface area contributed by atoms with Crippen LogP contribution >= 0.6 is 23.2 Å². The second-order valence-electron chi connectivity index (χ2n) is 15.3. The number of halogens is 3. The highest BCUT2D eigenvalue weighted by Crippen LogP contribution is 2.39.